The molecular weight excluding hydrogens is 294 g/mol. The van der Waals surface area contributed by atoms with Crippen LogP contribution < -0.4 is 0 Å². The Hall–Kier alpha value is -1.49. The number of carbonyl (C=O) groups excluding carboxylic acids is 1. The third kappa shape index (κ3) is 12.7. The van der Waals surface area contributed by atoms with E-state index < -0.39 is 12.1 Å². The van der Waals surface area contributed by atoms with Crippen molar-refractivity contribution < 1.29 is 14.8 Å². The van der Waals surface area contributed by atoms with E-state index >= 15 is 0 Å². The first kappa shape index (κ1) is 21.5. The summed E-state index contributed by atoms with van der Waals surface area (Å²) in [4.78, 5) is 20.7. The van der Waals surface area contributed by atoms with Crippen LogP contribution in [0.3, 0.4) is 0 Å². The standard InChI is InChI=1S/C18H30NO4/c1-2-3-11-15-18(21)17(19(22)23)14-12-9-7-5-4-6-8-10-13-16-20/h4-5,9,12,17-18,21H,2-3,6-8,10-11,13-15H2,1H3/b5-4-,12-9-. The zero-order valence-corrected chi connectivity index (χ0v) is 14.2. The van der Waals surface area contributed by atoms with Crippen molar-refractivity contribution in [2.24, 2.45) is 0 Å². The van der Waals surface area contributed by atoms with Crippen LogP contribution >= 0.6 is 0 Å². The van der Waals surface area contributed by atoms with Gasteiger partial charge in [-0.05, 0) is 32.1 Å². The Morgan fingerprint density at radius 1 is 1.13 bits per heavy atom. The van der Waals surface area contributed by atoms with Crippen LogP contribution in [0.2, 0.25) is 0 Å². The maximum absolute atomic E-state index is 11.0. The first-order chi connectivity index (χ1) is 11.1. The van der Waals surface area contributed by atoms with E-state index in [1.807, 2.05) is 18.4 Å². The van der Waals surface area contributed by atoms with Crippen LogP contribution in [-0.4, -0.2) is 28.5 Å². The van der Waals surface area contributed by atoms with Gasteiger partial charge in [-0.25, -0.2) is 0 Å². The molecule has 0 aromatic heterocycles. The lowest BCUT2D eigenvalue weighted by atomic mass is 10.0. The molecule has 0 saturated carbocycles. The summed E-state index contributed by atoms with van der Waals surface area (Å²) in [5.41, 5.74) is 0. The summed E-state index contributed by atoms with van der Waals surface area (Å²) in [5.74, 6) is 0. The fourth-order valence-electron chi connectivity index (χ4n) is 2.26. The molecule has 0 spiro atoms. The molecule has 0 aromatic carbocycles. The van der Waals surface area contributed by atoms with Crippen LogP contribution in [0.5, 0.6) is 0 Å². The molecule has 0 aliphatic rings. The van der Waals surface area contributed by atoms with Gasteiger partial charge in [0.25, 0.3) is 0 Å². The summed E-state index contributed by atoms with van der Waals surface area (Å²) in [5, 5.41) is 21.0. The van der Waals surface area contributed by atoms with Crippen LogP contribution in [0.1, 0.15) is 71.1 Å². The number of nitro groups is 1. The van der Waals surface area contributed by atoms with E-state index in [2.05, 4.69) is 13.0 Å². The van der Waals surface area contributed by atoms with Crippen LogP contribution in [0.15, 0.2) is 24.3 Å². The number of hydrogen-bond donors (Lipinski definition) is 1. The quantitative estimate of drug-likeness (QED) is 0.212. The van der Waals surface area contributed by atoms with Crippen molar-refractivity contribution in [2.75, 3.05) is 0 Å². The molecule has 0 fully saturated rings. The Bertz CT molecular complexity index is 366. The number of aliphatic hydroxyl groups excluding tert-OH is 1. The molecular formula is C18H30NO4. The monoisotopic (exact) mass is 324 g/mol. The lowest BCUT2D eigenvalue weighted by Gasteiger charge is -2.14. The average molecular weight is 324 g/mol. The molecule has 0 aliphatic heterocycles. The average Bonchev–Trinajstić information content (AvgIpc) is 2.52. The Morgan fingerprint density at radius 3 is 2.52 bits per heavy atom. The molecule has 23 heavy (non-hydrogen) atoms. The van der Waals surface area contributed by atoms with E-state index in [0.29, 0.717) is 12.8 Å². The minimum Gasteiger partial charge on any atom is -0.386 e. The van der Waals surface area contributed by atoms with Crippen LogP contribution in [-0.2, 0) is 4.79 Å². The second-order valence-electron chi connectivity index (χ2n) is 5.72. The van der Waals surface area contributed by atoms with Gasteiger partial charge in [0.15, 0.2) is 6.29 Å². The first-order valence-electron chi connectivity index (χ1n) is 8.60. The predicted molar refractivity (Wildman–Crippen MR) is 92.6 cm³/mol. The largest absolute Gasteiger partial charge is 0.386 e. The number of nitrogens with zero attached hydrogens (tertiary/aromatic N) is 1. The fraction of sp³-hybridized carbons (Fsp3) is 0.722. The molecule has 0 rings (SSSR count). The molecule has 1 N–H and O–H groups in total. The van der Waals surface area contributed by atoms with E-state index in [-0.39, 0.29) is 11.3 Å². The van der Waals surface area contributed by atoms with Crippen molar-refractivity contribution in [1.82, 2.24) is 0 Å². The molecule has 0 aromatic rings. The number of rotatable bonds is 15. The normalized spacial score (nSPS) is 14.3. The Balaban J connectivity index is 3.95. The summed E-state index contributed by atoms with van der Waals surface area (Å²) in [7, 11) is 0. The van der Waals surface area contributed by atoms with Gasteiger partial charge in [0.2, 0.25) is 6.04 Å². The van der Waals surface area contributed by atoms with E-state index in [4.69, 9.17) is 0 Å². The number of allylic oxidation sites excluding steroid dienone is 3. The van der Waals surface area contributed by atoms with Gasteiger partial charge < -0.3 is 5.11 Å². The maximum Gasteiger partial charge on any atom is 0.241 e. The van der Waals surface area contributed by atoms with Crippen LogP contribution in [0, 0.1) is 10.1 Å². The van der Waals surface area contributed by atoms with Crippen molar-refractivity contribution in [2.45, 2.75) is 83.3 Å². The van der Waals surface area contributed by atoms with Gasteiger partial charge in [-0.15, -0.1) is 0 Å². The fourth-order valence-corrected chi connectivity index (χ4v) is 2.26. The van der Waals surface area contributed by atoms with E-state index in [1.165, 1.54) is 0 Å². The minimum absolute atomic E-state index is 0.267. The second-order valence-corrected chi connectivity index (χ2v) is 5.72. The molecule has 1 radical (unpaired) electrons. The van der Waals surface area contributed by atoms with E-state index in [9.17, 15) is 20.0 Å². The zero-order valence-electron chi connectivity index (χ0n) is 14.2. The molecule has 5 nitrogen and oxygen atoms in total. The van der Waals surface area contributed by atoms with Gasteiger partial charge in [0.1, 0.15) is 6.10 Å². The summed E-state index contributed by atoms with van der Waals surface area (Å²) >= 11 is 0. The van der Waals surface area contributed by atoms with Crippen LogP contribution in [0.4, 0.5) is 0 Å². The summed E-state index contributed by atoms with van der Waals surface area (Å²) in [6.45, 7) is 2.06. The highest BCUT2D eigenvalue weighted by molar-refractivity contribution is 5.50. The molecule has 0 bridgehead atoms. The molecule has 5 heteroatoms. The van der Waals surface area contributed by atoms with E-state index in [1.54, 1.807) is 6.08 Å². The minimum atomic E-state index is -0.910. The second kappa shape index (κ2) is 15.4. The topological polar surface area (TPSA) is 80.4 Å². The molecule has 0 saturated heterocycles. The van der Waals surface area contributed by atoms with Gasteiger partial charge in [-0.1, -0.05) is 50.5 Å². The van der Waals surface area contributed by atoms with Gasteiger partial charge in [-0.3, -0.25) is 14.9 Å². The lowest BCUT2D eigenvalue weighted by molar-refractivity contribution is -0.533. The van der Waals surface area contributed by atoms with Gasteiger partial charge in [0, 0.05) is 17.8 Å². The SMILES string of the molecule is CCCCCC(O)C(C/C=C\C/C=C\CCCC[C]=O)[N+](=O)[O-]. The van der Waals surface area contributed by atoms with E-state index in [0.717, 1.165) is 44.9 Å². The molecule has 0 heterocycles. The molecule has 131 valence electrons. The van der Waals surface area contributed by atoms with Gasteiger partial charge in [0.05, 0.1) is 0 Å². The summed E-state index contributed by atoms with van der Waals surface area (Å²) in [6, 6.07) is -0.910. The highest BCUT2D eigenvalue weighted by Crippen LogP contribution is 2.12. The Kier molecular flexibility index (Phi) is 14.4. The highest BCUT2D eigenvalue weighted by Gasteiger charge is 2.27. The summed E-state index contributed by atoms with van der Waals surface area (Å²) < 4.78 is 0. The van der Waals surface area contributed by atoms with Crippen molar-refractivity contribution in [3.05, 3.63) is 34.4 Å². The van der Waals surface area contributed by atoms with Crippen molar-refractivity contribution >= 4 is 6.29 Å². The third-order valence-electron chi connectivity index (χ3n) is 3.70. The Morgan fingerprint density at radius 2 is 1.87 bits per heavy atom. The van der Waals surface area contributed by atoms with Crippen molar-refractivity contribution in [3.8, 4) is 0 Å². The molecule has 0 amide bonds. The molecule has 0 aliphatic carbocycles. The molecule has 2 unspecified atom stereocenters. The molecule has 2 atom stereocenters. The lowest BCUT2D eigenvalue weighted by Crippen LogP contribution is -2.33. The first-order valence-corrected chi connectivity index (χ1v) is 8.60. The number of unbranched alkanes of at least 4 members (excludes halogenated alkanes) is 5. The van der Waals surface area contributed by atoms with Crippen LogP contribution in [0.25, 0.3) is 0 Å². The van der Waals surface area contributed by atoms with Gasteiger partial charge >= 0.3 is 0 Å². The Labute approximate surface area is 139 Å². The maximum atomic E-state index is 11.0. The summed E-state index contributed by atoms with van der Waals surface area (Å²) in [6.07, 6.45) is 16.4. The number of hydrogen-bond acceptors (Lipinski definition) is 4. The third-order valence-corrected chi connectivity index (χ3v) is 3.70. The smallest absolute Gasteiger partial charge is 0.241 e. The highest BCUT2D eigenvalue weighted by atomic mass is 16.6. The predicted octanol–water partition coefficient (Wildman–Crippen LogP) is 4.14. The van der Waals surface area contributed by atoms with Crippen molar-refractivity contribution in [1.29, 1.82) is 0 Å². The van der Waals surface area contributed by atoms with Crippen molar-refractivity contribution in [3.63, 3.8) is 0 Å². The van der Waals surface area contributed by atoms with Gasteiger partial charge in [-0.2, -0.15) is 0 Å². The number of aliphatic hydroxyl groups is 1. The zero-order chi connectivity index (χ0) is 17.3.